The fourth-order valence-corrected chi connectivity index (χ4v) is 3.61. The first kappa shape index (κ1) is 16.5. The van der Waals surface area contributed by atoms with Gasteiger partial charge in [0.1, 0.15) is 4.70 Å². The zero-order valence-electron chi connectivity index (χ0n) is 12.1. The Hall–Kier alpha value is -0.830. The van der Waals surface area contributed by atoms with Crippen LogP contribution in [0.4, 0.5) is 5.88 Å². The molecule has 5 nitrogen and oxygen atoms in total. The highest BCUT2D eigenvalue weighted by atomic mass is 79.9. The summed E-state index contributed by atoms with van der Waals surface area (Å²) in [6, 6.07) is 1.48. The minimum Gasteiger partial charge on any atom is -0.438 e. The Morgan fingerprint density at radius 3 is 2.71 bits per heavy atom. The first-order chi connectivity index (χ1) is 9.70. The highest BCUT2D eigenvalue weighted by Crippen LogP contribution is 2.30. The van der Waals surface area contributed by atoms with Crippen molar-refractivity contribution < 1.29 is 8.63 Å². The second kappa shape index (κ2) is 6.12. The van der Waals surface area contributed by atoms with Crippen LogP contribution in [0.15, 0.2) is 25.1 Å². The van der Waals surface area contributed by atoms with Crippen molar-refractivity contribution in [1.29, 1.82) is 0 Å². The van der Waals surface area contributed by atoms with Gasteiger partial charge in [-0.15, -0.1) is 11.3 Å². The van der Waals surface area contributed by atoms with Gasteiger partial charge in [0.15, 0.2) is 11.5 Å². The first-order valence-electron chi connectivity index (χ1n) is 6.15. The normalized spacial score (nSPS) is 14.5. The van der Waals surface area contributed by atoms with E-state index in [4.69, 9.17) is 4.42 Å². The predicted octanol–water partition coefficient (Wildman–Crippen LogP) is 2.25. The number of likely N-dealkylation sites (N-methyl/N-ethyl adjacent to an activating group) is 2. The molecule has 0 aliphatic carbocycles. The molecule has 2 aromatic rings. The third-order valence-corrected chi connectivity index (χ3v) is 6.54. The summed E-state index contributed by atoms with van der Waals surface area (Å²) in [6.07, 6.45) is 1.60. The van der Waals surface area contributed by atoms with E-state index < -0.39 is 9.71 Å². The summed E-state index contributed by atoms with van der Waals surface area (Å²) in [5.74, 6) is 4.13. The van der Waals surface area contributed by atoms with E-state index in [1.54, 1.807) is 17.6 Å². The molecular weight excluding hydrogens is 376 g/mol. The van der Waals surface area contributed by atoms with Crippen LogP contribution in [-0.4, -0.2) is 47.8 Å². The maximum absolute atomic E-state index is 12.1. The van der Waals surface area contributed by atoms with Crippen molar-refractivity contribution >= 4 is 59.0 Å². The van der Waals surface area contributed by atoms with E-state index in [0.717, 1.165) is 4.47 Å². The van der Waals surface area contributed by atoms with Crippen LogP contribution in [0.1, 0.15) is 0 Å². The molecule has 116 valence electrons. The minimum absolute atomic E-state index is 0.0569. The van der Waals surface area contributed by atoms with Crippen LogP contribution < -0.4 is 10.3 Å². The highest BCUT2D eigenvalue weighted by Gasteiger charge is 2.14. The molecule has 0 saturated heterocycles. The molecule has 2 heterocycles. The number of fused-ring (bicyclic) bond motifs is 1. The standard InChI is InChI=1S/C13H17BrN2O3S2/c1-15(5-6-16(2)21(3,4)18)11-7-10(17)13-12(19-11)9(14)8-20-13/h7-8H,3,5-6H2,1-2,4H3. The van der Waals surface area contributed by atoms with Gasteiger partial charge in [-0.1, -0.05) is 0 Å². The van der Waals surface area contributed by atoms with E-state index in [0.29, 0.717) is 29.3 Å². The lowest BCUT2D eigenvalue weighted by Gasteiger charge is -2.23. The first-order valence-corrected chi connectivity index (χ1v) is 9.92. The highest BCUT2D eigenvalue weighted by molar-refractivity contribution is 9.10. The number of hydrogen-bond donors (Lipinski definition) is 0. The third kappa shape index (κ3) is 3.68. The van der Waals surface area contributed by atoms with E-state index >= 15 is 0 Å². The van der Waals surface area contributed by atoms with Gasteiger partial charge < -0.3 is 9.32 Å². The molecule has 2 aromatic heterocycles. The largest absolute Gasteiger partial charge is 0.438 e. The van der Waals surface area contributed by atoms with Gasteiger partial charge in [0, 0.05) is 47.5 Å². The van der Waals surface area contributed by atoms with Crippen molar-refractivity contribution in [2.45, 2.75) is 0 Å². The van der Waals surface area contributed by atoms with Gasteiger partial charge in [-0.25, -0.2) is 4.31 Å². The molecule has 0 aliphatic heterocycles. The molecule has 0 saturated carbocycles. The Balaban J connectivity index is 2.22. The van der Waals surface area contributed by atoms with Crippen molar-refractivity contribution in [3.63, 3.8) is 0 Å². The molecule has 0 fully saturated rings. The number of anilines is 1. The zero-order valence-corrected chi connectivity index (χ0v) is 15.3. The van der Waals surface area contributed by atoms with E-state index in [9.17, 15) is 9.00 Å². The molecule has 0 aromatic carbocycles. The zero-order chi connectivity index (χ0) is 15.8. The van der Waals surface area contributed by atoms with Gasteiger partial charge in [-0.05, 0) is 28.8 Å². The number of halogens is 1. The Morgan fingerprint density at radius 1 is 1.43 bits per heavy atom. The number of thiophene rings is 1. The van der Waals surface area contributed by atoms with Crippen molar-refractivity contribution in [3.05, 3.63) is 26.1 Å². The molecular formula is C13H17BrN2O3S2. The molecule has 21 heavy (non-hydrogen) atoms. The van der Waals surface area contributed by atoms with Crippen LogP contribution in [-0.2, 0) is 9.71 Å². The minimum atomic E-state index is -2.21. The van der Waals surface area contributed by atoms with Crippen LogP contribution in [0.3, 0.4) is 0 Å². The van der Waals surface area contributed by atoms with Crippen molar-refractivity contribution in [2.24, 2.45) is 0 Å². The Labute approximate surface area is 136 Å². The quantitative estimate of drug-likeness (QED) is 0.732. The number of nitrogens with zero attached hydrogens (tertiary/aromatic N) is 2. The summed E-state index contributed by atoms with van der Waals surface area (Å²) in [5.41, 5.74) is 0.512. The summed E-state index contributed by atoms with van der Waals surface area (Å²) < 4.78 is 20.6. The summed E-state index contributed by atoms with van der Waals surface area (Å²) >= 11 is 4.73. The predicted molar refractivity (Wildman–Crippen MR) is 95.1 cm³/mol. The van der Waals surface area contributed by atoms with E-state index in [1.807, 2.05) is 17.3 Å². The van der Waals surface area contributed by atoms with Gasteiger partial charge in [-0.2, -0.15) is 0 Å². The molecule has 0 bridgehead atoms. The summed E-state index contributed by atoms with van der Waals surface area (Å²) in [5, 5.41) is 1.84. The second-order valence-corrected chi connectivity index (χ2v) is 9.20. The van der Waals surface area contributed by atoms with Crippen LogP contribution in [0.2, 0.25) is 0 Å². The van der Waals surface area contributed by atoms with Crippen molar-refractivity contribution in [1.82, 2.24) is 4.31 Å². The lowest BCUT2D eigenvalue weighted by molar-refractivity contribution is 0.512. The lowest BCUT2D eigenvalue weighted by Crippen LogP contribution is -2.34. The van der Waals surface area contributed by atoms with Crippen LogP contribution in [0.5, 0.6) is 0 Å². The molecule has 0 spiro atoms. The average molecular weight is 393 g/mol. The smallest absolute Gasteiger partial charge is 0.204 e. The molecule has 0 N–H and O–H groups in total. The van der Waals surface area contributed by atoms with Gasteiger partial charge in [0.05, 0.1) is 4.47 Å². The van der Waals surface area contributed by atoms with Crippen LogP contribution in [0.25, 0.3) is 10.3 Å². The van der Waals surface area contributed by atoms with Crippen LogP contribution >= 0.6 is 27.3 Å². The van der Waals surface area contributed by atoms with E-state index in [1.165, 1.54) is 17.4 Å². The summed E-state index contributed by atoms with van der Waals surface area (Å²) in [4.78, 5) is 13.9. The van der Waals surface area contributed by atoms with Gasteiger partial charge in [0.2, 0.25) is 5.43 Å². The van der Waals surface area contributed by atoms with Gasteiger partial charge in [0.25, 0.3) is 0 Å². The van der Waals surface area contributed by atoms with E-state index in [-0.39, 0.29) is 5.43 Å². The van der Waals surface area contributed by atoms with Gasteiger partial charge >= 0.3 is 0 Å². The third-order valence-electron chi connectivity index (χ3n) is 3.17. The SMILES string of the molecule is C=S(C)(=O)N(C)CCN(C)c1cc(=O)c2scc(Br)c2o1. The molecule has 0 radical (unpaired) electrons. The fourth-order valence-electron chi connectivity index (χ4n) is 1.69. The Kier molecular flexibility index (Phi) is 4.82. The topological polar surface area (TPSA) is 53.8 Å². The fraction of sp³-hybridized carbons (Fsp3) is 0.385. The summed E-state index contributed by atoms with van der Waals surface area (Å²) in [7, 11) is 1.38. The molecule has 2 rings (SSSR count). The number of hydrogen-bond acceptors (Lipinski definition) is 5. The Bertz CT molecular complexity index is 810. The molecule has 8 heteroatoms. The van der Waals surface area contributed by atoms with Crippen molar-refractivity contribution in [3.8, 4) is 0 Å². The van der Waals surface area contributed by atoms with Crippen LogP contribution in [0, 0.1) is 0 Å². The molecule has 0 amide bonds. The monoisotopic (exact) mass is 392 g/mol. The van der Waals surface area contributed by atoms with Gasteiger partial charge in [-0.3, -0.25) is 9.00 Å². The van der Waals surface area contributed by atoms with Crippen molar-refractivity contribution in [2.75, 3.05) is 38.3 Å². The molecule has 0 aliphatic rings. The average Bonchev–Trinajstić information content (AvgIpc) is 2.76. The summed E-state index contributed by atoms with van der Waals surface area (Å²) in [6.45, 7) is 1.13. The second-order valence-electron chi connectivity index (χ2n) is 4.92. The lowest BCUT2D eigenvalue weighted by atomic mass is 10.4. The van der Waals surface area contributed by atoms with E-state index in [2.05, 4.69) is 21.8 Å². The maximum atomic E-state index is 12.1. The number of rotatable bonds is 5. The molecule has 1 unspecified atom stereocenters. The Morgan fingerprint density at radius 2 is 2.10 bits per heavy atom. The maximum Gasteiger partial charge on any atom is 0.204 e. The molecule has 1 atom stereocenters.